The number of nitrogens with zero attached hydrogens (tertiary/aromatic N) is 4. The maximum Gasteiger partial charge on any atom is 0.193 e. The van der Waals surface area contributed by atoms with E-state index in [0.717, 1.165) is 51.0 Å². The van der Waals surface area contributed by atoms with E-state index in [2.05, 4.69) is 40.8 Å². The van der Waals surface area contributed by atoms with E-state index in [4.69, 9.17) is 19.4 Å². The highest BCUT2D eigenvalue weighted by Crippen LogP contribution is 2.35. The first-order valence-corrected chi connectivity index (χ1v) is 17.6. The minimum atomic E-state index is -2.63. The molecule has 0 saturated carbocycles. The first-order valence-electron chi connectivity index (χ1n) is 15.1. The van der Waals surface area contributed by atoms with Gasteiger partial charge in [-0.1, -0.05) is 55.1 Å². The summed E-state index contributed by atoms with van der Waals surface area (Å²) in [7, 11) is -2.63. The van der Waals surface area contributed by atoms with Crippen LogP contribution >= 0.6 is 0 Å². The molecule has 4 heterocycles. The van der Waals surface area contributed by atoms with E-state index in [-0.39, 0.29) is 0 Å². The van der Waals surface area contributed by atoms with Crippen molar-refractivity contribution in [1.29, 1.82) is 0 Å². The third kappa shape index (κ3) is 5.02. The maximum atomic E-state index is 6.47. The van der Waals surface area contributed by atoms with Gasteiger partial charge < -0.3 is 9.47 Å². The second-order valence-electron chi connectivity index (χ2n) is 11.3. The average Bonchev–Trinajstić information content (AvgIpc) is 3.37. The van der Waals surface area contributed by atoms with Crippen molar-refractivity contribution in [2.75, 3.05) is 0 Å². The molecule has 7 aromatic rings. The molecule has 1 aliphatic heterocycles. The lowest BCUT2D eigenvalue weighted by Gasteiger charge is -2.23. The third-order valence-corrected chi connectivity index (χ3v) is 12.6. The number of ether oxygens (including phenoxy) is 2. The van der Waals surface area contributed by atoms with Gasteiger partial charge in [-0.05, 0) is 100 Å². The average molecular weight is 613 g/mol. The number of hydrogen-bond donors (Lipinski definition) is 0. The lowest BCUT2D eigenvalue weighted by Crippen LogP contribution is -2.64. The molecule has 0 fully saturated rings. The Morgan fingerprint density at radius 3 is 1.39 bits per heavy atom. The van der Waals surface area contributed by atoms with Gasteiger partial charge in [0, 0.05) is 35.9 Å². The molecule has 0 bridgehead atoms. The number of fused-ring (bicyclic) bond motifs is 3. The number of benzene rings is 4. The van der Waals surface area contributed by atoms with Crippen LogP contribution in [-0.2, 0) is 0 Å². The van der Waals surface area contributed by atoms with Crippen molar-refractivity contribution in [3.05, 3.63) is 152 Å². The summed E-state index contributed by atoms with van der Waals surface area (Å²) in [4.78, 5) is 18.6. The van der Waals surface area contributed by atoms with Crippen molar-refractivity contribution in [3.8, 4) is 56.6 Å². The largest absolute Gasteiger partial charge is 0.457 e. The van der Waals surface area contributed by atoms with E-state index in [0.29, 0.717) is 0 Å². The van der Waals surface area contributed by atoms with Crippen molar-refractivity contribution in [3.63, 3.8) is 0 Å². The van der Waals surface area contributed by atoms with E-state index in [1.54, 1.807) is 12.4 Å². The van der Waals surface area contributed by atoms with Crippen LogP contribution in [0.5, 0.6) is 23.0 Å². The van der Waals surface area contributed by atoms with Crippen molar-refractivity contribution in [2.24, 2.45) is 0 Å². The number of hydrogen-bond acceptors (Lipinski definition) is 6. The van der Waals surface area contributed by atoms with Gasteiger partial charge in [0.2, 0.25) is 0 Å². The molecule has 0 atom stereocenters. The fourth-order valence-corrected chi connectivity index (χ4v) is 10.0. The van der Waals surface area contributed by atoms with Crippen LogP contribution in [0, 0.1) is 0 Å². The first kappa shape index (κ1) is 27.6. The van der Waals surface area contributed by atoms with Gasteiger partial charge >= 0.3 is 0 Å². The molecule has 46 heavy (non-hydrogen) atoms. The number of pyridine rings is 2. The van der Waals surface area contributed by atoms with Crippen LogP contribution in [0.4, 0.5) is 0 Å². The summed E-state index contributed by atoms with van der Waals surface area (Å²) in [5, 5.41) is 2.42. The van der Waals surface area contributed by atoms with Crippen molar-refractivity contribution >= 4 is 23.9 Å². The van der Waals surface area contributed by atoms with Crippen LogP contribution < -0.4 is 25.3 Å². The van der Waals surface area contributed by atoms with E-state index in [1.807, 2.05) is 116 Å². The molecule has 0 saturated heterocycles. The molecular weight excluding hydrogens is 585 g/mol. The van der Waals surface area contributed by atoms with Crippen LogP contribution in [-0.4, -0.2) is 28.0 Å². The highest BCUT2D eigenvalue weighted by atomic mass is 28.3. The monoisotopic (exact) mass is 612 g/mol. The zero-order valence-electron chi connectivity index (χ0n) is 25.0. The fourth-order valence-electron chi connectivity index (χ4n) is 6.19. The standard InChI is InChI=1S/C39H28N4O2Si/c1-46(39-42-21-8-22-43-39)37-25-31(44-29-11-6-9-27(23-29)35-13-2-4-19-40-35)15-17-33(37)34-18-16-32(26-38(34)46)45-30-12-7-10-28(24-30)36-14-3-5-20-41-36/h2-26H,1H3. The SMILES string of the molecule is C[Si]1(c2ncccn2)c2cc(Oc3cccc(-c4ccccn4)c3)ccc2-c2ccc(Oc3cccc(-c4ccccn4)c3)cc21. The van der Waals surface area contributed by atoms with E-state index in [1.165, 1.54) is 21.5 Å². The molecule has 8 rings (SSSR count). The van der Waals surface area contributed by atoms with E-state index < -0.39 is 8.07 Å². The smallest absolute Gasteiger partial charge is 0.193 e. The van der Waals surface area contributed by atoms with Gasteiger partial charge in [-0.15, -0.1) is 0 Å². The van der Waals surface area contributed by atoms with Crippen LogP contribution in [0.2, 0.25) is 6.55 Å². The predicted molar refractivity (Wildman–Crippen MR) is 184 cm³/mol. The second-order valence-corrected chi connectivity index (χ2v) is 15.1. The Kier molecular flexibility index (Phi) is 6.93. The van der Waals surface area contributed by atoms with Crippen LogP contribution in [0.15, 0.2) is 152 Å². The summed E-state index contributed by atoms with van der Waals surface area (Å²) in [6.45, 7) is 2.31. The normalized spacial score (nSPS) is 12.6. The Balaban J connectivity index is 1.16. The van der Waals surface area contributed by atoms with Gasteiger partial charge in [-0.3, -0.25) is 9.97 Å². The topological polar surface area (TPSA) is 70.0 Å². The molecule has 220 valence electrons. The summed E-state index contributed by atoms with van der Waals surface area (Å²) >= 11 is 0. The van der Waals surface area contributed by atoms with Crippen molar-refractivity contribution in [2.45, 2.75) is 6.55 Å². The Hall–Kier alpha value is -5.92. The highest BCUT2D eigenvalue weighted by Gasteiger charge is 2.46. The second kappa shape index (κ2) is 11.5. The van der Waals surface area contributed by atoms with Gasteiger partial charge in [-0.2, -0.15) is 0 Å². The molecule has 0 radical (unpaired) electrons. The summed E-state index contributed by atoms with van der Waals surface area (Å²) in [5.74, 6) is 3.03. The molecular formula is C39H28N4O2Si. The Labute approximate surface area is 268 Å². The molecule has 0 amide bonds. The Morgan fingerprint density at radius 2 is 0.913 bits per heavy atom. The number of rotatable bonds is 7. The van der Waals surface area contributed by atoms with E-state index >= 15 is 0 Å². The summed E-state index contributed by atoms with van der Waals surface area (Å²) in [5.41, 5.74) is 7.01. The van der Waals surface area contributed by atoms with Crippen molar-refractivity contribution in [1.82, 2.24) is 19.9 Å². The molecule has 7 heteroatoms. The summed E-state index contributed by atoms with van der Waals surface area (Å²) in [6, 6.07) is 42.4. The van der Waals surface area contributed by atoms with Gasteiger partial charge in [-0.25, -0.2) is 9.97 Å². The quantitative estimate of drug-likeness (QED) is 0.177. The Bertz CT molecular complexity index is 2040. The third-order valence-electron chi connectivity index (χ3n) is 8.42. The molecule has 1 aliphatic rings. The van der Waals surface area contributed by atoms with Crippen LogP contribution in [0.3, 0.4) is 0 Å². The van der Waals surface area contributed by atoms with Gasteiger partial charge in [0.05, 0.1) is 11.4 Å². The molecule has 0 spiro atoms. The minimum Gasteiger partial charge on any atom is -0.457 e. The van der Waals surface area contributed by atoms with Gasteiger partial charge in [0.1, 0.15) is 28.4 Å². The summed E-state index contributed by atoms with van der Waals surface area (Å²) in [6.07, 6.45) is 7.25. The first-order chi connectivity index (χ1) is 22.6. The van der Waals surface area contributed by atoms with Crippen LogP contribution in [0.25, 0.3) is 33.6 Å². The molecule has 0 aliphatic carbocycles. The predicted octanol–water partition coefficient (Wildman–Crippen LogP) is 7.27. The lowest BCUT2D eigenvalue weighted by molar-refractivity contribution is 0.483. The Morgan fingerprint density at radius 1 is 0.435 bits per heavy atom. The molecule has 6 nitrogen and oxygen atoms in total. The zero-order chi connectivity index (χ0) is 30.9. The summed E-state index contributed by atoms with van der Waals surface area (Å²) < 4.78 is 12.9. The highest BCUT2D eigenvalue weighted by molar-refractivity contribution is 7.12. The van der Waals surface area contributed by atoms with Crippen molar-refractivity contribution < 1.29 is 9.47 Å². The molecule has 0 unspecified atom stereocenters. The van der Waals surface area contributed by atoms with Gasteiger partial charge in [0.15, 0.2) is 8.07 Å². The van der Waals surface area contributed by atoms with E-state index in [9.17, 15) is 0 Å². The molecule has 3 aromatic heterocycles. The van der Waals surface area contributed by atoms with Gasteiger partial charge in [0.25, 0.3) is 0 Å². The number of aromatic nitrogens is 4. The maximum absolute atomic E-state index is 6.47. The minimum absolute atomic E-state index is 0.751. The molecule has 0 N–H and O–H groups in total. The fraction of sp³-hybridized carbons (Fsp3) is 0.0256. The zero-order valence-corrected chi connectivity index (χ0v) is 26.0. The lowest BCUT2D eigenvalue weighted by atomic mass is 10.1. The van der Waals surface area contributed by atoms with Crippen LogP contribution in [0.1, 0.15) is 0 Å². The molecule has 4 aromatic carbocycles.